The number of carbonyl (C=O) groups excluding carboxylic acids is 1. The Bertz CT molecular complexity index is 500. The van der Waals surface area contributed by atoms with Crippen molar-refractivity contribution in [1.29, 1.82) is 0 Å². The van der Waals surface area contributed by atoms with E-state index in [0.29, 0.717) is 4.88 Å². The van der Waals surface area contributed by atoms with Gasteiger partial charge in [0, 0.05) is 10.6 Å². The number of thiophene rings is 1. The van der Waals surface area contributed by atoms with Crippen LogP contribution in [0.2, 0.25) is 0 Å². The summed E-state index contributed by atoms with van der Waals surface area (Å²) in [4.78, 5) is 14.2. The summed E-state index contributed by atoms with van der Waals surface area (Å²) in [5.41, 5.74) is 5.95. The fraction of sp³-hybridized carbons (Fsp3) is 0.500. The first-order chi connectivity index (χ1) is 8.94. The van der Waals surface area contributed by atoms with Gasteiger partial charge in [-0.1, -0.05) is 5.16 Å². The van der Waals surface area contributed by atoms with Crippen LogP contribution < -0.4 is 11.1 Å². The van der Waals surface area contributed by atoms with E-state index >= 15 is 0 Å². The van der Waals surface area contributed by atoms with Crippen LogP contribution in [0.5, 0.6) is 0 Å². The second kappa shape index (κ2) is 5.42. The van der Waals surface area contributed by atoms with Crippen LogP contribution in [0.3, 0.4) is 0 Å². The molecule has 0 fully saturated rings. The molecule has 0 bridgehead atoms. The number of amides is 1. The summed E-state index contributed by atoms with van der Waals surface area (Å²) in [5.74, 6) is 1.89. The number of thioether (sulfide) groups is 1. The van der Waals surface area contributed by atoms with Gasteiger partial charge in [0.2, 0.25) is 0 Å². The zero-order valence-corrected chi connectivity index (χ0v) is 12.5. The molecule has 104 valence electrons. The van der Waals surface area contributed by atoms with Crippen LogP contribution in [0, 0.1) is 0 Å². The maximum atomic E-state index is 12.2. The summed E-state index contributed by atoms with van der Waals surface area (Å²) < 4.78 is 0. The lowest BCUT2D eigenvalue weighted by Crippen LogP contribution is -2.53. The number of oxime groups is 1. The average Bonchev–Trinajstić information content (AvgIpc) is 2.81. The van der Waals surface area contributed by atoms with Crippen LogP contribution in [-0.4, -0.2) is 28.2 Å². The summed E-state index contributed by atoms with van der Waals surface area (Å²) in [7, 11) is 0. The van der Waals surface area contributed by atoms with E-state index in [1.54, 1.807) is 13.8 Å². The first-order valence-corrected chi connectivity index (χ1v) is 7.91. The highest BCUT2D eigenvalue weighted by Gasteiger charge is 2.27. The van der Waals surface area contributed by atoms with Gasteiger partial charge in [-0.15, -0.1) is 11.3 Å². The van der Waals surface area contributed by atoms with Crippen LogP contribution in [0.15, 0.2) is 11.2 Å². The molecular weight excluding hydrogens is 282 g/mol. The number of carbonyl (C=O) groups is 1. The number of hydrogen-bond donors (Lipinski definition) is 3. The third kappa shape index (κ3) is 3.03. The minimum Gasteiger partial charge on any atom is -0.409 e. The lowest BCUT2D eigenvalue weighted by atomic mass is 10.0. The van der Waals surface area contributed by atoms with Crippen LogP contribution in [0.1, 0.15) is 34.0 Å². The van der Waals surface area contributed by atoms with Crippen LogP contribution in [-0.2, 0) is 12.2 Å². The van der Waals surface area contributed by atoms with Crippen LogP contribution in [0.25, 0.3) is 0 Å². The average molecular weight is 299 g/mol. The molecule has 1 aliphatic rings. The summed E-state index contributed by atoms with van der Waals surface area (Å²) in [6.45, 7) is 3.40. The van der Waals surface area contributed by atoms with Crippen molar-refractivity contribution in [2.24, 2.45) is 10.9 Å². The van der Waals surface area contributed by atoms with Gasteiger partial charge in [0.25, 0.3) is 5.91 Å². The number of nitrogens with one attached hydrogen (secondary N) is 1. The molecule has 1 aliphatic heterocycles. The molecule has 0 saturated heterocycles. The van der Waals surface area contributed by atoms with Gasteiger partial charge in [0.15, 0.2) is 5.84 Å². The number of hydrogen-bond acceptors (Lipinski definition) is 5. The highest BCUT2D eigenvalue weighted by atomic mass is 32.2. The van der Waals surface area contributed by atoms with Crippen molar-refractivity contribution < 1.29 is 10.0 Å². The van der Waals surface area contributed by atoms with Crippen molar-refractivity contribution in [3.05, 3.63) is 21.4 Å². The Morgan fingerprint density at radius 3 is 2.95 bits per heavy atom. The standard InChI is InChI=1S/C12H17N3O2S2/c1-12(2,11(13)15-17)14-10(16)9-5-7-6-18-4-3-8(7)19-9/h5,17H,3-4,6H2,1-2H3,(H2,13,15)(H,14,16). The maximum Gasteiger partial charge on any atom is 0.262 e. The molecule has 0 saturated carbocycles. The predicted molar refractivity (Wildman–Crippen MR) is 79.1 cm³/mol. The monoisotopic (exact) mass is 299 g/mol. The molecule has 0 aromatic carbocycles. The van der Waals surface area contributed by atoms with E-state index in [9.17, 15) is 4.79 Å². The van der Waals surface area contributed by atoms with Gasteiger partial charge in [-0.3, -0.25) is 4.79 Å². The topological polar surface area (TPSA) is 87.7 Å². The number of rotatable bonds is 3. The summed E-state index contributed by atoms with van der Waals surface area (Å²) >= 11 is 3.42. The fourth-order valence-corrected chi connectivity index (χ4v) is 4.06. The Morgan fingerprint density at radius 2 is 2.32 bits per heavy atom. The Morgan fingerprint density at radius 1 is 1.58 bits per heavy atom. The molecule has 5 nitrogen and oxygen atoms in total. The minimum atomic E-state index is -0.870. The number of nitrogens with zero attached hydrogens (tertiary/aromatic N) is 1. The maximum absolute atomic E-state index is 12.2. The Labute approximate surface area is 120 Å². The van der Waals surface area contributed by atoms with Crippen molar-refractivity contribution in [1.82, 2.24) is 5.32 Å². The smallest absolute Gasteiger partial charge is 0.262 e. The molecule has 1 aromatic rings. The van der Waals surface area contributed by atoms with Crippen LogP contribution >= 0.6 is 23.1 Å². The summed E-state index contributed by atoms with van der Waals surface area (Å²) in [6.07, 6.45) is 1.03. The molecule has 2 rings (SSSR count). The van der Waals surface area contributed by atoms with E-state index in [0.717, 1.165) is 17.9 Å². The summed E-state index contributed by atoms with van der Waals surface area (Å²) in [5, 5.41) is 14.4. The second-order valence-corrected chi connectivity index (χ2v) is 7.17. The van der Waals surface area contributed by atoms with Crippen molar-refractivity contribution in [2.45, 2.75) is 31.6 Å². The second-order valence-electron chi connectivity index (χ2n) is 4.93. The van der Waals surface area contributed by atoms with E-state index in [1.807, 2.05) is 17.8 Å². The fourth-order valence-electron chi connectivity index (χ4n) is 1.79. The molecule has 0 atom stereocenters. The zero-order valence-electron chi connectivity index (χ0n) is 10.9. The highest BCUT2D eigenvalue weighted by Crippen LogP contribution is 2.31. The van der Waals surface area contributed by atoms with Crippen LogP contribution in [0.4, 0.5) is 0 Å². The molecule has 0 aliphatic carbocycles. The molecule has 0 spiro atoms. The predicted octanol–water partition coefficient (Wildman–Crippen LogP) is 1.79. The number of aryl methyl sites for hydroxylation is 1. The highest BCUT2D eigenvalue weighted by molar-refractivity contribution is 7.98. The van der Waals surface area contributed by atoms with Gasteiger partial charge >= 0.3 is 0 Å². The number of nitrogens with two attached hydrogens (primary N) is 1. The SMILES string of the molecule is CC(C)(NC(=O)c1cc2c(s1)CCSC2)C(N)=NO. The molecule has 2 heterocycles. The first-order valence-electron chi connectivity index (χ1n) is 5.94. The van der Waals surface area contributed by atoms with E-state index < -0.39 is 5.54 Å². The normalized spacial score (nSPS) is 16.0. The zero-order chi connectivity index (χ0) is 14.0. The Kier molecular flexibility index (Phi) is 4.05. The minimum absolute atomic E-state index is 0.0160. The first kappa shape index (κ1) is 14.2. The number of amidine groups is 1. The van der Waals surface area contributed by atoms with Crippen molar-refractivity contribution in [3.63, 3.8) is 0 Å². The summed E-state index contributed by atoms with van der Waals surface area (Å²) in [6, 6.07) is 1.95. The van der Waals surface area contributed by atoms with E-state index in [4.69, 9.17) is 10.9 Å². The molecule has 1 amide bonds. The van der Waals surface area contributed by atoms with Gasteiger partial charge in [0.05, 0.1) is 10.4 Å². The molecule has 19 heavy (non-hydrogen) atoms. The molecule has 0 unspecified atom stereocenters. The van der Waals surface area contributed by atoms with Gasteiger partial charge in [-0.25, -0.2) is 0 Å². The van der Waals surface area contributed by atoms with Gasteiger partial charge in [-0.2, -0.15) is 11.8 Å². The molecule has 4 N–H and O–H groups in total. The lowest BCUT2D eigenvalue weighted by Gasteiger charge is -2.24. The number of fused-ring (bicyclic) bond motifs is 1. The largest absolute Gasteiger partial charge is 0.409 e. The van der Waals surface area contributed by atoms with Gasteiger partial charge < -0.3 is 16.3 Å². The molecule has 0 radical (unpaired) electrons. The van der Waals surface area contributed by atoms with Gasteiger partial charge in [0.1, 0.15) is 0 Å². The van der Waals surface area contributed by atoms with Crippen molar-refractivity contribution in [2.75, 3.05) is 5.75 Å². The Balaban J connectivity index is 2.14. The van der Waals surface area contributed by atoms with E-state index in [1.165, 1.54) is 21.8 Å². The third-order valence-electron chi connectivity index (χ3n) is 3.03. The Hall–Kier alpha value is -1.21. The molecule has 7 heteroatoms. The molecule has 1 aromatic heterocycles. The third-order valence-corrected chi connectivity index (χ3v) is 5.27. The lowest BCUT2D eigenvalue weighted by molar-refractivity contribution is 0.0935. The quantitative estimate of drug-likeness (QED) is 0.344. The van der Waals surface area contributed by atoms with E-state index in [-0.39, 0.29) is 11.7 Å². The van der Waals surface area contributed by atoms with Gasteiger partial charge in [-0.05, 0) is 37.7 Å². The van der Waals surface area contributed by atoms with Crippen molar-refractivity contribution >= 4 is 34.8 Å². The van der Waals surface area contributed by atoms with Crippen molar-refractivity contribution in [3.8, 4) is 0 Å². The molecular formula is C12H17N3O2S2. The van der Waals surface area contributed by atoms with E-state index in [2.05, 4.69) is 10.5 Å².